The molecule has 3 nitrogen and oxygen atoms in total. The van der Waals surface area contributed by atoms with Crippen molar-refractivity contribution in [3.05, 3.63) is 35.9 Å². The first-order valence-corrected chi connectivity index (χ1v) is 5.48. The zero-order chi connectivity index (χ0) is 11.3. The second kappa shape index (κ2) is 6.00. The first kappa shape index (κ1) is 12.4. The van der Waals surface area contributed by atoms with Crippen LogP contribution in [0, 0.1) is 0 Å². The van der Waals surface area contributed by atoms with Gasteiger partial charge in [-0.05, 0) is 0 Å². The lowest BCUT2D eigenvalue weighted by molar-refractivity contribution is -0.146. The number of esters is 1. The molecule has 5 heteroatoms. The summed E-state index contributed by atoms with van der Waals surface area (Å²) in [5.41, 5.74) is 5.35. The van der Waals surface area contributed by atoms with Crippen molar-refractivity contribution in [1.29, 1.82) is 0 Å². The van der Waals surface area contributed by atoms with Gasteiger partial charge in [0, 0.05) is 11.3 Å². The fraction of sp³-hybridized carbons (Fsp3) is 0.300. The van der Waals surface area contributed by atoms with Gasteiger partial charge in [-0.1, -0.05) is 41.9 Å². The Morgan fingerprint density at radius 3 is 2.60 bits per heavy atom. The molecule has 0 heterocycles. The molecule has 0 aromatic heterocycles. The Hall–Kier alpha value is -0.710. The Bertz CT molecular complexity index is 320. The normalized spacial score (nSPS) is 14.3. The molecule has 1 aromatic carbocycles. The van der Waals surface area contributed by atoms with Gasteiger partial charge in [0.15, 0.2) is 0 Å². The van der Waals surface area contributed by atoms with E-state index in [1.165, 1.54) is 0 Å². The van der Waals surface area contributed by atoms with E-state index in [1.807, 2.05) is 18.2 Å². The fourth-order valence-electron chi connectivity index (χ4n) is 0.936. The molecule has 0 spiro atoms. The van der Waals surface area contributed by atoms with Crippen LogP contribution in [0.5, 0.6) is 0 Å². The Balaban J connectivity index is 2.56. The average molecular weight is 246 g/mol. The molecular formula is C10H12ClNO2S. The van der Waals surface area contributed by atoms with Gasteiger partial charge >= 0.3 is 5.97 Å². The first-order chi connectivity index (χ1) is 7.15. The molecule has 0 aliphatic heterocycles. The number of rotatable bonds is 4. The molecule has 0 radical (unpaired) electrons. The monoisotopic (exact) mass is 245 g/mol. The maximum atomic E-state index is 11.3. The van der Waals surface area contributed by atoms with Crippen molar-refractivity contribution in [2.24, 2.45) is 5.73 Å². The number of carbonyl (C=O) groups is 1. The molecule has 1 aromatic rings. The second-order valence-electron chi connectivity index (χ2n) is 2.95. The van der Waals surface area contributed by atoms with Gasteiger partial charge in [0.2, 0.25) is 5.56 Å². The highest BCUT2D eigenvalue weighted by Gasteiger charge is 2.18. The van der Waals surface area contributed by atoms with Gasteiger partial charge in [0.05, 0.1) is 0 Å². The molecule has 15 heavy (non-hydrogen) atoms. The van der Waals surface area contributed by atoms with Crippen molar-refractivity contribution in [2.45, 2.75) is 11.6 Å². The lowest BCUT2D eigenvalue weighted by atomic mass is 10.2. The van der Waals surface area contributed by atoms with E-state index in [4.69, 9.17) is 22.1 Å². The van der Waals surface area contributed by atoms with Crippen molar-refractivity contribution < 1.29 is 9.53 Å². The number of hydrogen-bond acceptors (Lipinski definition) is 4. The summed E-state index contributed by atoms with van der Waals surface area (Å²) in [6.45, 7) is 0. The van der Waals surface area contributed by atoms with Crippen LogP contribution in [-0.2, 0) is 9.53 Å². The predicted molar refractivity (Wildman–Crippen MR) is 63.0 cm³/mol. The third-order valence-electron chi connectivity index (χ3n) is 1.78. The minimum atomic E-state index is -0.801. The van der Waals surface area contributed by atoms with Crippen molar-refractivity contribution in [2.75, 3.05) is 5.75 Å². The molecule has 2 N–H and O–H groups in total. The Morgan fingerprint density at radius 2 is 2.07 bits per heavy atom. The molecule has 2 atom stereocenters. The van der Waals surface area contributed by atoms with Crippen LogP contribution in [0.2, 0.25) is 0 Å². The van der Waals surface area contributed by atoms with Crippen LogP contribution in [0.25, 0.3) is 0 Å². The number of ether oxygens (including phenoxy) is 1. The van der Waals surface area contributed by atoms with Crippen molar-refractivity contribution in [1.82, 2.24) is 0 Å². The van der Waals surface area contributed by atoms with E-state index in [9.17, 15) is 4.79 Å². The third-order valence-corrected chi connectivity index (χ3v) is 2.52. The van der Waals surface area contributed by atoms with Crippen LogP contribution in [-0.4, -0.2) is 17.8 Å². The van der Waals surface area contributed by atoms with Crippen LogP contribution in [0.3, 0.4) is 0 Å². The van der Waals surface area contributed by atoms with E-state index in [0.717, 1.165) is 5.56 Å². The quantitative estimate of drug-likeness (QED) is 0.483. The lowest BCUT2D eigenvalue weighted by Gasteiger charge is -2.14. The van der Waals surface area contributed by atoms with E-state index in [2.05, 4.69) is 12.6 Å². The van der Waals surface area contributed by atoms with Gasteiger partial charge in [0.25, 0.3) is 0 Å². The molecule has 1 unspecified atom stereocenters. The molecule has 0 fully saturated rings. The van der Waals surface area contributed by atoms with Crippen molar-refractivity contribution in [3.63, 3.8) is 0 Å². The summed E-state index contributed by atoms with van der Waals surface area (Å²) < 4.78 is 4.94. The zero-order valence-corrected chi connectivity index (χ0v) is 9.62. The minimum Gasteiger partial charge on any atom is -0.440 e. The molecule has 1 rings (SSSR count). The van der Waals surface area contributed by atoms with E-state index in [0.29, 0.717) is 0 Å². The van der Waals surface area contributed by atoms with E-state index >= 15 is 0 Å². The maximum absolute atomic E-state index is 11.3. The smallest absolute Gasteiger partial charge is 0.325 e. The summed E-state index contributed by atoms with van der Waals surface area (Å²) >= 11 is 9.77. The van der Waals surface area contributed by atoms with Gasteiger partial charge < -0.3 is 10.5 Å². The molecular weight excluding hydrogens is 234 g/mol. The third kappa shape index (κ3) is 3.74. The van der Waals surface area contributed by atoms with Gasteiger partial charge in [-0.2, -0.15) is 12.6 Å². The minimum absolute atomic E-state index is 0.233. The molecule has 0 aliphatic rings. The van der Waals surface area contributed by atoms with E-state index in [-0.39, 0.29) is 5.75 Å². The van der Waals surface area contributed by atoms with Gasteiger partial charge in [-0.25, -0.2) is 0 Å². The van der Waals surface area contributed by atoms with E-state index < -0.39 is 17.6 Å². The molecule has 0 aliphatic carbocycles. The predicted octanol–water partition coefficient (Wildman–Crippen LogP) is 1.72. The summed E-state index contributed by atoms with van der Waals surface area (Å²) in [6, 6.07) is 8.30. The molecule has 82 valence electrons. The van der Waals surface area contributed by atoms with Crippen LogP contribution < -0.4 is 5.73 Å². The summed E-state index contributed by atoms with van der Waals surface area (Å²) in [5, 5.41) is 0. The number of hydrogen-bond donors (Lipinski definition) is 2. The van der Waals surface area contributed by atoms with Gasteiger partial charge in [-0.15, -0.1) is 0 Å². The zero-order valence-electron chi connectivity index (χ0n) is 7.97. The van der Waals surface area contributed by atoms with Crippen LogP contribution >= 0.6 is 24.2 Å². The Morgan fingerprint density at radius 1 is 1.47 bits per heavy atom. The van der Waals surface area contributed by atoms with Gasteiger partial charge in [0.1, 0.15) is 6.04 Å². The number of thiol groups is 1. The number of nitrogens with two attached hydrogens (primary N) is 1. The molecule has 0 saturated heterocycles. The highest BCUT2D eigenvalue weighted by Crippen LogP contribution is 2.21. The summed E-state index contributed by atoms with van der Waals surface area (Å²) in [6.07, 6.45) is 0. The summed E-state index contributed by atoms with van der Waals surface area (Å²) in [4.78, 5) is 11.3. The van der Waals surface area contributed by atoms with Crippen LogP contribution in [0.15, 0.2) is 30.3 Å². The van der Waals surface area contributed by atoms with E-state index in [1.54, 1.807) is 12.1 Å². The number of carbonyl (C=O) groups excluding carboxylic acids is 1. The summed E-state index contributed by atoms with van der Waals surface area (Å²) in [7, 11) is 0. The van der Waals surface area contributed by atoms with Crippen LogP contribution in [0.4, 0.5) is 0 Å². The largest absolute Gasteiger partial charge is 0.440 e. The van der Waals surface area contributed by atoms with Crippen molar-refractivity contribution in [3.8, 4) is 0 Å². The molecule has 0 bridgehead atoms. The standard InChI is InChI=1S/C10H12ClNO2S/c11-9(7-4-2-1-3-5-7)14-10(13)8(12)6-15/h1-5,8-9,15H,6,12H2/t8-,9?/m0/s1. The highest BCUT2D eigenvalue weighted by atomic mass is 35.5. The van der Waals surface area contributed by atoms with Gasteiger partial charge in [-0.3, -0.25) is 4.79 Å². The second-order valence-corrected chi connectivity index (χ2v) is 3.71. The number of benzene rings is 1. The maximum Gasteiger partial charge on any atom is 0.325 e. The molecule has 0 amide bonds. The average Bonchev–Trinajstić information content (AvgIpc) is 2.29. The number of halogens is 1. The SMILES string of the molecule is N[C@@H](CS)C(=O)OC(Cl)c1ccccc1. The van der Waals surface area contributed by atoms with Crippen LogP contribution in [0.1, 0.15) is 11.1 Å². The fourth-order valence-corrected chi connectivity index (χ4v) is 1.32. The Kier molecular flexibility index (Phi) is 4.94. The lowest BCUT2D eigenvalue weighted by Crippen LogP contribution is -2.34. The Labute approximate surface area is 99.0 Å². The molecule has 0 saturated carbocycles. The topological polar surface area (TPSA) is 52.3 Å². The first-order valence-electron chi connectivity index (χ1n) is 4.41. The summed E-state index contributed by atoms with van der Waals surface area (Å²) in [5.74, 6) is -0.314. The van der Waals surface area contributed by atoms with Crippen molar-refractivity contribution >= 4 is 30.2 Å². The highest BCUT2D eigenvalue weighted by molar-refractivity contribution is 7.80. The number of alkyl halides is 1.